The second kappa shape index (κ2) is 10.0. The zero-order chi connectivity index (χ0) is 29.9. The summed E-state index contributed by atoms with van der Waals surface area (Å²) in [6.07, 6.45) is 0. The molecule has 0 aliphatic heterocycles. The van der Waals surface area contributed by atoms with Gasteiger partial charge in [0.25, 0.3) is 5.56 Å². The van der Waals surface area contributed by atoms with Crippen molar-refractivity contribution in [2.24, 2.45) is 0 Å². The molecule has 0 atom stereocenters. The fourth-order valence-corrected chi connectivity index (χ4v) is 7.08. The van der Waals surface area contributed by atoms with Gasteiger partial charge in [-0.2, -0.15) is 0 Å². The van der Waals surface area contributed by atoms with E-state index < -0.39 is 0 Å². The lowest BCUT2D eigenvalue weighted by atomic mass is 9.91. The normalized spacial score (nSPS) is 11.6. The molecule has 0 fully saturated rings. The molecular weight excluding hydrogens is 546 g/mol. The Balaban J connectivity index is 1.19. The topological polar surface area (TPSA) is 22.0 Å². The van der Waals surface area contributed by atoms with Gasteiger partial charge in [-0.1, -0.05) is 127 Å². The molecule has 210 valence electrons. The first-order valence-electron chi connectivity index (χ1n) is 15.3. The highest BCUT2D eigenvalue weighted by Gasteiger charge is 2.13. The predicted molar refractivity (Wildman–Crippen MR) is 190 cm³/mol. The molecule has 1 heterocycles. The average molecular weight is 574 g/mol. The lowest BCUT2D eigenvalue weighted by Gasteiger charge is -2.15. The zero-order valence-corrected chi connectivity index (χ0v) is 24.4. The van der Waals surface area contributed by atoms with Crippen LogP contribution in [0.15, 0.2) is 169 Å². The van der Waals surface area contributed by atoms with Gasteiger partial charge >= 0.3 is 0 Å². The Hall–Kier alpha value is -5.99. The molecule has 1 aromatic heterocycles. The number of fused-ring (bicyclic) bond motifs is 9. The third-order valence-electron chi connectivity index (χ3n) is 9.17. The molecule has 9 aromatic rings. The van der Waals surface area contributed by atoms with Gasteiger partial charge in [-0.15, -0.1) is 0 Å². The predicted octanol–water partition coefficient (Wildman–Crippen LogP) is 10.9. The largest absolute Gasteiger partial charge is 0.276 e. The summed E-state index contributed by atoms with van der Waals surface area (Å²) >= 11 is 0. The van der Waals surface area contributed by atoms with Crippen molar-refractivity contribution in [1.82, 2.24) is 4.57 Å². The number of nitrogens with zero attached hydrogens (tertiary/aromatic N) is 1. The van der Waals surface area contributed by atoms with E-state index in [1.54, 1.807) is 0 Å². The van der Waals surface area contributed by atoms with Gasteiger partial charge in [-0.3, -0.25) is 9.36 Å². The zero-order valence-electron chi connectivity index (χ0n) is 24.4. The number of hydrogen-bond acceptors (Lipinski definition) is 1. The summed E-state index contributed by atoms with van der Waals surface area (Å²) in [5.74, 6) is 0. The highest BCUT2D eigenvalue weighted by atomic mass is 16.1. The van der Waals surface area contributed by atoms with Crippen molar-refractivity contribution in [3.63, 3.8) is 0 Å². The Kier molecular flexibility index (Phi) is 5.69. The van der Waals surface area contributed by atoms with Crippen LogP contribution in [0.25, 0.3) is 81.9 Å². The first-order chi connectivity index (χ1) is 22.2. The van der Waals surface area contributed by atoms with Crippen LogP contribution in [0.2, 0.25) is 0 Å². The highest BCUT2D eigenvalue weighted by Crippen LogP contribution is 2.38. The minimum atomic E-state index is -0.00823. The summed E-state index contributed by atoms with van der Waals surface area (Å²) in [5.41, 5.74) is 6.26. The van der Waals surface area contributed by atoms with Crippen LogP contribution in [0.4, 0.5) is 0 Å². The molecule has 2 heteroatoms. The summed E-state index contributed by atoms with van der Waals surface area (Å²) in [4.78, 5) is 13.9. The molecule has 0 aliphatic rings. The summed E-state index contributed by atoms with van der Waals surface area (Å²) in [6, 6.07) is 57.3. The van der Waals surface area contributed by atoms with Gasteiger partial charge in [0.15, 0.2) is 0 Å². The monoisotopic (exact) mass is 573 g/mol. The van der Waals surface area contributed by atoms with Crippen LogP contribution in [-0.2, 0) is 0 Å². The van der Waals surface area contributed by atoms with Crippen molar-refractivity contribution in [2.75, 3.05) is 0 Å². The summed E-state index contributed by atoms with van der Waals surface area (Å²) in [5, 5.41) is 10.4. The van der Waals surface area contributed by atoms with Crippen LogP contribution in [0.3, 0.4) is 0 Å². The van der Waals surface area contributed by atoms with Crippen molar-refractivity contribution in [3.8, 4) is 27.9 Å². The fourth-order valence-electron chi connectivity index (χ4n) is 7.08. The van der Waals surface area contributed by atoms with E-state index in [1.165, 1.54) is 37.9 Å². The van der Waals surface area contributed by atoms with Crippen LogP contribution < -0.4 is 5.56 Å². The second-order valence-corrected chi connectivity index (χ2v) is 11.7. The molecule has 0 amide bonds. The maximum atomic E-state index is 13.9. The Bertz CT molecular complexity index is 2650. The van der Waals surface area contributed by atoms with Crippen LogP contribution in [0, 0.1) is 0 Å². The van der Waals surface area contributed by atoms with E-state index in [0.29, 0.717) is 0 Å². The van der Waals surface area contributed by atoms with Gasteiger partial charge in [-0.25, -0.2) is 0 Å². The third kappa shape index (κ3) is 4.00. The van der Waals surface area contributed by atoms with Crippen molar-refractivity contribution in [3.05, 3.63) is 174 Å². The first kappa shape index (κ1) is 25.5. The molecule has 0 spiro atoms. The van der Waals surface area contributed by atoms with E-state index >= 15 is 0 Å². The Labute approximate surface area is 260 Å². The van der Waals surface area contributed by atoms with Crippen LogP contribution in [0.5, 0.6) is 0 Å². The van der Waals surface area contributed by atoms with Crippen molar-refractivity contribution < 1.29 is 0 Å². The van der Waals surface area contributed by atoms with Gasteiger partial charge in [0.1, 0.15) is 0 Å². The fraction of sp³-hybridized carbons (Fsp3) is 0. The number of hydrogen-bond donors (Lipinski definition) is 0. The lowest BCUT2D eigenvalue weighted by molar-refractivity contribution is 1.06. The number of para-hydroxylation sites is 1. The van der Waals surface area contributed by atoms with Gasteiger partial charge < -0.3 is 0 Å². The van der Waals surface area contributed by atoms with E-state index in [0.717, 1.165) is 44.1 Å². The smallest absolute Gasteiger partial charge is 0.263 e. The third-order valence-corrected chi connectivity index (χ3v) is 9.17. The molecule has 0 N–H and O–H groups in total. The van der Waals surface area contributed by atoms with Gasteiger partial charge in [0.2, 0.25) is 0 Å². The number of benzene rings is 8. The van der Waals surface area contributed by atoms with Crippen LogP contribution in [-0.4, -0.2) is 4.57 Å². The summed E-state index contributed by atoms with van der Waals surface area (Å²) in [7, 11) is 0. The molecule has 0 unspecified atom stereocenters. The highest BCUT2D eigenvalue weighted by molar-refractivity contribution is 6.25. The summed E-state index contributed by atoms with van der Waals surface area (Å²) in [6.45, 7) is 0. The number of rotatable bonds is 3. The molecule has 9 rings (SSSR count). The Morgan fingerprint density at radius 3 is 1.40 bits per heavy atom. The lowest BCUT2D eigenvalue weighted by Crippen LogP contribution is -2.19. The molecular formula is C43H27NO. The van der Waals surface area contributed by atoms with E-state index in [9.17, 15) is 4.79 Å². The Morgan fingerprint density at radius 1 is 0.311 bits per heavy atom. The maximum absolute atomic E-state index is 13.9. The molecule has 8 aromatic carbocycles. The van der Waals surface area contributed by atoms with E-state index in [1.807, 2.05) is 59.2 Å². The second-order valence-electron chi connectivity index (χ2n) is 11.7. The van der Waals surface area contributed by atoms with E-state index in [2.05, 4.69) is 109 Å². The van der Waals surface area contributed by atoms with Gasteiger partial charge in [0, 0.05) is 16.5 Å². The maximum Gasteiger partial charge on any atom is 0.263 e. The minimum Gasteiger partial charge on any atom is -0.276 e. The Morgan fingerprint density at radius 2 is 0.756 bits per heavy atom. The van der Waals surface area contributed by atoms with Crippen LogP contribution >= 0.6 is 0 Å². The molecule has 0 saturated carbocycles. The minimum absolute atomic E-state index is 0.00823. The average Bonchev–Trinajstić information content (AvgIpc) is 3.12. The SMILES string of the molecule is O=c1c2ccccc2c2ccccc2n1-c1cccc(-c2cccc(-c3ccc4c5ccccc5c5ccccc5c4c3)c2)c1. The van der Waals surface area contributed by atoms with Crippen LogP contribution in [0.1, 0.15) is 0 Å². The molecule has 2 nitrogen and oxygen atoms in total. The molecule has 0 radical (unpaired) electrons. The molecule has 0 saturated heterocycles. The number of aromatic nitrogens is 1. The van der Waals surface area contributed by atoms with Gasteiger partial charge in [-0.05, 0) is 96.4 Å². The molecule has 0 bridgehead atoms. The van der Waals surface area contributed by atoms with Crippen molar-refractivity contribution in [2.45, 2.75) is 0 Å². The van der Waals surface area contributed by atoms with E-state index in [4.69, 9.17) is 0 Å². The van der Waals surface area contributed by atoms with Crippen molar-refractivity contribution in [1.29, 1.82) is 0 Å². The summed E-state index contributed by atoms with van der Waals surface area (Å²) < 4.78 is 1.85. The van der Waals surface area contributed by atoms with E-state index in [-0.39, 0.29) is 5.56 Å². The first-order valence-corrected chi connectivity index (χ1v) is 15.3. The quantitative estimate of drug-likeness (QED) is 0.193. The van der Waals surface area contributed by atoms with Crippen molar-refractivity contribution >= 4 is 54.0 Å². The molecule has 0 aliphatic carbocycles. The standard InChI is InChI=1S/C43H27NO/c45-43-40-21-6-5-19-37(40)39-20-7-8-22-42(39)44(43)32-14-10-13-30(26-32)28-11-9-12-29(25-28)31-23-24-38-35-17-2-1-15-33(35)34-16-3-4-18-36(34)41(38)27-31/h1-27H. The molecule has 45 heavy (non-hydrogen) atoms. The number of pyridine rings is 1. The van der Waals surface area contributed by atoms with Gasteiger partial charge in [0.05, 0.1) is 5.52 Å².